The number of rotatable bonds is 8. The molecule has 0 radical (unpaired) electrons. The Labute approximate surface area is 120 Å². The van der Waals surface area contributed by atoms with E-state index in [2.05, 4.69) is 45.7 Å². The van der Waals surface area contributed by atoms with E-state index < -0.39 is 0 Å². The van der Waals surface area contributed by atoms with Gasteiger partial charge in [0.15, 0.2) is 0 Å². The van der Waals surface area contributed by atoms with Crippen molar-refractivity contribution in [1.82, 2.24) is 20.1 Å². The van der Waals surface area contributed by atoms with Gasteiger partial charge in [-0.05, 0) is 38.0 Å². The smallest absolute Gasteiger partial charge is 0.138 e. The van der Waals surface area contributed by atoms with E-state index in [0.29, 0.717) is 6.04 Å². The Morgan fingerprint density at radius 2 is 2.37 bits per heavy atom. The van der Waals surface area contributed by atoms with Crippen LogP contribution in [0.15, 0.2) is 6.33 Å². The monoisotopic (exact) mass is 282 g/mol. The first-order chi connectivity index (χ1) is 9.35. The molecule has 0 amide bonds. The van der Waals surface area contributed by atoms with Gasteiger partial charge in [-0.15, -0.1) is 0 Å². The van der Waals surface area contributed by atoms with Crippen molar-refractivity contribution < 1.29 is 0 Å². The predicted octanol–water partition coefficient (Wildman–Crippen LogP) is 2.49. The van der Waals surface area contributed by atoms with Crippen LogP contribution in [-0.2, 0) is 13.0 Å². The lowest BCUT2D eigenvalue weighted by Crippen LogP contribution is -2.40. The maximum atomic E-state index is 4.46. The number of nitrogens with one attached hydrogen (secondary N) is 1. The van der Waals surface area contributed by atoms with Gasteiger partial charge < -0.3 is 5.32 Å². The van der Waals surface area contributed by atoms with E-state index in [0.717, 1.165) is 37.0 Å². The summed E-state index contributed by atoms with van der Waals surface area (Å²) in [6.07, 6.45) is 7.72. The molecule has 2 rings (SSSR count). The van der Waals surface area contributed by atoms with E-state index in [-0.39, 0.29) is 0 Å². The van der Waals surface area contributed by atoms with E-state index in [1.807, 2.05) is 0 Å². The molecule has 2 unspecified atom stereocenters. The minimum Gasteiger partial charge on any atom is -0.312 e. The molecule has 0 saturated carbocycles. The standard InChI is InChI=1S/C14H26N4S/c1-3-7-15-12(13-6-5-9-19-13)10-14-16-11-17-18(14)8-4-2/h11-13,15H,3-10H2,1-2H3. The normalized spacial score (nSPS) is 20.8. The molecule has 1 aromatic rings. The molecule has 1 N–H and O–H groups in total. The van der Waals surface area contributed by atoms with Crippen LogP contribution in [0, 0.1) is 0 Å². The number of hydrogen-bond donors (Lipinski definition) is 1. The van der Waals surface area contributed by atoms with E-state index in [4.69, 9.17) is 0 Å². The lowest BCUT2D eigenvalue weighted by Gasteiger charge is -2.24. The van der Waals surface area contributed by atoms with E-state index >= 15 is 0 Å². The van der Waals surface area contributed by atoms with Crippen LogP contribution in [0.25, 0.3) is 0 Å². The van der Waals surface area contributed by atoms with Crippen molar-refractivity contribution in [2.45, 2.75) is 63.8 Å². The van der Waals surface area contributed by atoms with Crippen molar-refractivity contribution >= 4 is 11.8 Å². The summed E-state index contributed by atoms with van der Waals surface area (Å²) < 4.78 is 2.07. The molecule has 0 spiro atoms. The number of hydrogen-bond acceptors (Lipinski definition) is 4. The van der Waals surface area contributed by atoms with Crippen LogP contribution in [0.4, 0.5) is 0 Å². The van der Waals surface area contributed by atoms with Gasteiger partial charge in [0.05, 0.1) is 0 Å². The van der Waals surface area contributed by atoms with Crippen molar-refractivity contribution in [2.24, 2.45) is 0 Å². The van der Waals surface area contributed by atoms with Gasteiger partial charge in [0.1, 0.15) is 12.2 Å². The molecule has 0 aromatic carbocycles. The fourth-order valence-electron chi connectivity index (χ4n) is 2.63. The van der Waals surface area contributed by atoms with Gasteiger partial charge >= 0.3 is 0 Å². The van der Waals surface area contributed by atoms with E-state index in [1.54, 1.807) is 6.33 Å². The molecule has 108 valence electrons. The molecule has 1 aliphatic heterocycles. The summed E-state index contributed by atoms with van der Waals surface area (Å²) in [5.41, 5.74) is 0. The van der Waals surface area contributed by atoms with Crippen molar-refractivity contribution in [3.63, 3.8) is 0 Å². The topological polar surface area (TPSA) is 42.7 Å². The fraction of sp³-hybridized carbons (Fsp3) is 0.857. The maximum absolute atomic E-state index is 4.46. The van der Waals surface area contributed by atoms with E-state index in [9.17, 15) is 0 Å². The highest BCUT2D eigenvalue weighted by molar-refractivity contribution is 8.00. The summed E-state index contributed by atoms with van der Waals surface area (Å²) in [4.78, 5) is 4.46. The second-order valence-corrected chi connectivity index (χ2v) is 6.56. The van der Waals surface area contributed by atoms with Crippen LogP contribution in [0.2, 0.25) is 0 Å². The molecular formula is C14H26N4S. The molecule has 0 aliphatic carbocycles. The van der Waals surface area contributed by atoms with Gasteiger partial charge in [0, 0.05) is 24.3 Å². The largest absolute Gasteiger partial charge is 0.312 e. The van der Waals surface area contributed by atoms with Crippen molar-refractivity contribution in [3.8, 4) is 0 Å². The summed E-state index contributed by atoms with van der Waals surface area (Å²) in [6.45, 7) is 6.49. The Morgan fingerprint density at radius 3 is 3.05 bits per heavy atom. The predicted molar refractivity (Wildman–Crippen MR) is 81.6 cm³/mol. The molecule has 1 aliphatic rings. The second-order valence-electron chi connectivity index (χ2n) is 5.22. The number of nitrogens with zero attached hydrogens (tertiary/aromatic N) is 3. The van der Waals surface area contributed by atoms with Gasteiger partial charge in [-0.3, -0.25) is 4.68 Å². The average molecular weight is 282 g/mol. The van der Waals surface area contributed by atoms with Gasteiger partial charge in [-0.25, -0.2) is 4.98 Å². The van der Waals surface area contributed by atoms with Gasteiger partial charge in [-0.2, -0.15) is 16.9 Å². The molecule has 1 fully saturated rings. The Morgan fingerprint density at radius 1 is 1.47 bits per heavy atom. The maximum Gasteiger partial charge on any atom is 0.138 e. The molecule has 4 nitrogen and oxygen atoms in total. The summed E-state index contributed by atoms with van der Waals surface area (Å²) in [7, 11) is 0. The Kier molecular flexibility index (Phi) is 6.17. The summed E-state index contributed by atoms with van der Waals surface area (Å²) in [5, 5.41) is 8.80. The summed E-state index contributed by atoms with van der Waals surface area (Å²) in [5.74, 6) is 2.46. The van der Waals surface area contributed by atoms with E-state index in [1.165, 1.54) is 25.0 Å². The molecule has 1 saturated heterocycles. The van der Waals surface area contributed by atoms with Crippen LogP contribution in [-0.4, -0.2) is 38.4 Å². The van der Waals surface area contributed by atoms with Crippen LogP contribution < -0.4 is 5.32 Å². The Hall–Kier alpha value is -0.550. The van der Waals surface area contributed by atoms with Crippen molar-refractivity contribution in [1.29, 1.82) is 0 Å². The first kappa shape index (κ1) is 14.9. The molecule has 2 atom stereocenters. The molecule has 5 heteroatoms. The lowest BCUT2D eigenvalue weighted by atomic mass is 10.1. The third-order valence-corrected chi connectivity index (χ3v) is 5.12. The number of aromatic nitrogens is 3. The molecule has 2 heterocycles. The molecule has 19 heavy (non-hydrogen) atoms. The molecule has 0 bridgehead atoms. The first-order valence-corrected chi connectivity index (χ1v) is 8.61. The van der Waals surface area contributed by atoms with Crippen molar-refractivity contribution in [3.05, 3.63) is 12.2 Å². The SMILES string of the molecule is CCCNC(Cc1ncnn1CCC)C1CCCS1. The minimum absolute atomic E-state index is 0.548. The first-order valence-electron chi connectivity index (χ1n) is 7.56. The Bertz CT molecular complexity index is 360. The van der Waals surface area contributed by atoms with Gasteiger partial charge in [-0.1, -0.05) is 13.8 Å². The fourth-order valence-corrected chi connectivity index (χ4v) is 4.02. The summed E-state index contributed by atoms with van der Waals surface area (Å²) in [6, 6.07) is 0.548. The minimum atomic E-state index is 0.548. The zero-order valence-electron chi connectivity index (χ0n) is 12.1. The van der Waals surface area contributed by atoms with Crippen LogP contribution in [0.1, 0.15) is 45.4 Å². The van der Waals surface area contributed by atoms with Crippen LogP contribution in [0.3, 0.4) is 0 Å². The average Bonchev–Trinajstić information content (AvgIpc) is 3.06. The zero-order valence-corrected chi connectivity index (χ0v) is 13.0. The zero-order chi connectivity index (χ0) is 13.5. The quantitative estimate of drug-likeness (QED) is 0.795. The number of thioether (sulfide) groups is 1. The van der Waals surface area contributed by atoms with Crippen molar-refractivity contribution in [2.75, 3.05) is 12.3 Å². The highest BCUT2D eigenvalue weighted by Gasteiger charge is 2.26. The third kappa shape index (κ3) is 4.21. The van der Waals surface area contributed by atoms with Gasteiger partial charge in [0.25, 0.3) is 0 Å². The van der Waals surface area contributed by atoms with Crippen LogP contribution in [0.5, 0.6) is 0 Å². The Balaban J connectivity index is 1.99. The lowest BCUT2D eigenvalue weighted by molar-refractivity contribution is 0.456. The summed E-state index contributed by atoms with van der Waals surface area (Å²) >= 11 is 2.12. The highest BCUT2D eigenvalue weighted by atomic mass is 32.2. The third-order valence-electron chi connectivity index (χ3n) is 3.60. The second kappa shape index (κ2) is 7.90. The molecular weight excluding hydrogens is 256 g/mol. The highest BCUT2D eigenvalue weighted by Crippen LogP contribution is 2.30. The molecule has 1 aromatic heterocycles. The number of aryl methyl sites for hydroxylation is 1. The van der Waals surface area contributed by atoms with Gasteiger partial charge in [0.2, 0.25) is 0 Å². The van der Waals surface area contributed by atoms with Crippen LogP contribution >= 0.6 is 11.8 Å².